The molecule has 3 N–H and O–H groups in total. The number of ether oxygens (including phenoxy) is 1. The average Bonchev–Trinajstić information content (AvgIpc) is 2.48. The van der Waals surface area contributed by atoms with E-state index >= 15 is 0 Å². The van der Waals surface area contributed by atoms with Crippen LogP contribution in [0.15, 0.2) is 0 Å². The zero-order valence-electron chi connectivity index (χ0n) is 13.4. The van der Waals surface area contributed by atoms with Crippen molar-refractivity contribution in [3.63, 3.8) is 0 Å². The lowest BCUT2D eigenvalue weighted by Crippen LogP contribution is -2.35. The Morgan fingerprint density at radius 3 is 0.941 bits per heavy atom. The van der Waals surface area contributed by atoms with Crippen LogP contribution in [-0.2, 0) is 4.74 Å². The summed E-state index contributed by atoms with van der Waals surface area (Å²) in [6.07, 6.45) is 0. The standard InChI is InChI=1S/C7H16O.C6H12O.CH5N/c1-6(2,3)7(4,5)8;1-5(2)6(3,4)7-5;1-2/h8H,1-5H3;1-4H3;2H2,1H3. The summed E-state index contributed by atoms with van der Waals surface area (Å²) in [7, 11) is 1.50. The molecule has 0 atom stereocenters. The fraction of sp³-hybridized carbons (Fsp3) is 1.00. The quantitative estimate of drug-likeness (QED) is 0.647. The van der Waals surface area contributed by atoms with Crippen LogP contribution < -0.4 is 5.73 Å². The van der Waals surface area contributed by atoms with Gasteiger partial charge in [0.2, 0.25) is 0 Å². The molecule has 3 heteroatoms. The maximum Gasteiger partial charge on any atom is 0.0918 e. The summed E-state index contributed by atoms with van der Waals surface area (Å²) in [5.41, 5.74) is 4.22. The van der Waals surface area contributed by atoms with Crippen molar-refractivity contribution < 1.29 is 9.84 Å². The zero-order valence-corrected chi connectivity index (χ0v) is 13.4. The monoisotopic (exact) mass is 247 g/mol. The van der Waals surface area contributed by atoms with Crippen LogP contribution in [0.2, 0.25) is 0 Å². The second kappa shape index (κ2) is 5.68. The summed E-state index contributed by atoms with van der Waals surface area (Å²) < 4.78 is 5.29. The lowest BCUT2D eigenvalue weighted by molar-refractivity contribution is -0.0238. The van der Waals surface area contributed by atoms with Crippen molar-refractivity contribution in [3.8, 4) is 0 Å². The fourth-order valence-electron chi connectivity index (χ4n) is 0.612. The third kappa shape index (κ3) is 6.39. The topological polar surface area (TPSA) is 58.8 Å². The molecule has 0 aromatic rings. The molecule has 3 nitrogen and oxygen atoms in total. The van der Waals surface area contributed by atoms with Gasteiger partial charge in [-0.3, -0.25) is 0 Å². The van der Waals surface area contributed by atoms with Gasteiger partial charge in [-0.1, -0.05) is 20.8 Å². The number of aliphatic hydroxyl groups is 1. The first-order chi connectivity index (χ1) is 7.21. The van der Waals surface area contributed by atoms with Crippen molar-refractivity contribution >= 4 is 0 Å². The summed E-state index contributed by atoms with van der Waals surface area (Å²) >= 11 is 0. The second-order valence-electron chi connectivity index (χ2n) is 6.93. The molecule has 0 unspecified atom stereocenters. The lowest BCUT2D eigenvalue weighted by Gasteiger charge is -2.33. The Kier molecular flexibility index (Phi) is 6.42. The highest BCUT2D eigenvalue weighted by Gasteiger charge is 2.55. The predicted molar refractivity (Wildman–Crippen MR) is 75.1 cm³/mol. The van der Waals surface area contributed by atoms with E-state index in [0.29, 0.717) is 0 Å². The van der Waals surface area contributed by atoms with E-state index in [2.05, 4.69) is 33.4 Å². The third-order valence-corrected chi connectivity index (χ3v) is 3.75. The Bertz CT molecular complexity index is 195. The molecule has 0 spiro atoms. The molecule has 0 bridgehead atoms. The van der Waals surface area contributed by atoms with Crippen molar-refractivity contribution in [3.05, 3.63) is 0 Å². The van der Waals surface area contributed by atoms with Crippen LogP contribution in [0.4, 0.5) is 0 Å². The van der Waals surface area contributed by atoms with Gasteiger partial charge in [-0.15, -0.1) is 0 Å². The first kappa shape index (κ1) is 19.2. The fourth-order valence-corrected chi connectivity index (χ4v) is 0.612. The minimum Gasteiger partial charge on any atom is -0.390 e. The van der Waals surface area contributed by atoms with E-state index in [-0.39, 0.29) is 16.6 Å². The first-order valence-corrected chi connectivity index (χ1v) is 6.21. The summed E-state index contributed by atoms with van der Waals surface area (Å²) in [5, 5.41) is 9.35. The maximum absolute atomic E-state index is 9.35. The van der Waals surface area contributed by atoms with Gasteiger partial charge in [0.1, 0.15) is 0 Å². The summed E-state index contributed by atoms with van der Waals surface area (Å²) in [6, 6.07) is 0. The highest BCUT2D eigenvalue weighted by molar-refractivity contribution is 5.03. The van der Waals surface area contributed by atoms with Crippen LogP contribution in [0.5, 0.6) is 0 Å². The van der Waals surface area contributed by atoms with Crippen molar-refractivity contribution in [2.75, 3.05) is 7.05 Å². The van der Waals surface area contributed by atoms with Crippen LogP contribution >= 0.6 is 0 Å². The Labute approximate surface area is 108 Å². The molecule has 0 saturated carbocycles. The minimum atomic E-state index is -0.562. The lowest BCUT2D eigenvalue weighted by atomic mass is 9.79. The Morgan fingerprint density at radius 1 is 0.824 bits per heavy atom. The largest absolute Gasteiger partial charge is 0.390 e. The van der Waals surface area contributed by atoms with Crippen LogP contribution in [0.1, 0.15) is 62.3 Å². The molecule has 1 fully saturated rings. The second-order valence-corrected chi connectivity index (χ2v) is 6.93. The normalized spacial score (nSPS) is 20.5. The van der Waals surface area contributed by atoms with Crippen LogP contribution in [0.25, 0.3) is 0 Å². The van der Waals surface area contributed by atoms with Crippen molar-refractivity contribution in [2.24, 2.45) is 11.1 Å². The Balaban J connectivity index is 0. The molecule has 17 heavy (non-hydrogen) atoms. The van der Waals surface area contributed by atoms with E-state index < -0.39 is 5.60 Å². The van der Waals surface area contributed by atoms with Gasteiger partial charge in [-0.2, -0.15) is 0 Å². The summed E-state index contributed by atoms with van der Waals surface area (Å²) in [4.78, 5) is 0. The van der Waals surface area contributed by atoms with E-state index in [4.69, 9.17) is 4.74 Å². The van der Waals surface area contributed by atoms with Crippen LogP contribution in [-0.4, -0.2) is 29.0 Å². The van der Waals surface area contributed by atoms with E-state index in [9.17, 15) is 5.11 Å². The van der Waals surface area contributed by atoms with Crippen LogP contribution in [0, 0.1) is 5.41 Å². The highest BCUT2D eigenvalue weighted by Crippen LogP contribution is 2.46. The Hall–Kier alpha value is -0.120. The smallest absolute Gasteiger partial charge is 0.0918 e. The molecule has 106 valence electrons. The Morgan fingerprint density at radius 2 is 0.941 bits per heavy atom. The zero-order chi connectivity index (χ0) is 14.7. The molecule has 0 aromatic heterocycles. The molecular formula is C14H33NO2. The third-order valence-electron chi connectivity index (χ3n) is 3.75. The van der Waals surface area contributed by atoms with Gasteiger partial charge in [0.15, 0.2) is 0 Å². The molecular weight excluding hydrogens is 214 g/mol. The van der Waals surface area contributed by atoms with Gasteiger partial charge in [-0.25, -0.2) is 0 Å². The summed E-state index contributed by atoms with van der Waals surface area (Å²) in [6.45, 7) is 18.1. The minimum absolute atomic E-state index is 0.00694. The molecule has 1 aliphatic heterocycles. The predicted octanol–water partition coefficient (Wildman–Crippen LogP) is 2.95. The molecule has 1 rings (SSSR count). The van der Waals surface area contributed by atoms with E-state index in [0.717, 1.165) is 0 Å². The van der Waals surface area contributed by atoms with E-state index in [1.165, 1.54) is 7.05 Å². The molecule has 1 aliphatic rings. The number of epoxide rings is 1. The van der Waals surface area contributed by atoms with Crippen LogP contribution in [0.3, 0.4) is 0 Å². The van der Waals surface area contributed by atoms with E-state index in [1.54, 1.807) is 0 Å². The molecule has 0 amide bonds. The van der Waals surface area contributed by atoms with Crippen molar-refractivity contribution in [1.29, 1.82) is 0 Å². The molecule has 1 saturated heterocycles. The highest BCUT2D eigenvalue weighted by atomic mass is 16.6. The van der Waals surface area contributed by atoms with Gasteiger partial charge in [0.25, 0.3) is 0 Å². The SMILES string of the molecule is CC(C)(C)C(C)(C)O.CC1(C)OC1(C)C.CN. The number of hydrogen-bond donors (Lipinski definition) is 2. The first-order valence-electron chi connectivity index (χ1n) is 6.21. The summed E-state index contributed by atoms with van der Waals surface area (Å²) in [5.74, 6) is 0. The number of nitrogens with two attached hydrogens (primary N) is 1. The van der Waals surface area contributed by atoms with Gasteiger partial charge in [-0.05, 0) is 54.0 Å². The molecule has 0 aromatic carbocycles. The van der Waals surface area contributed by atoms with Gasteiger partial charge in [0.05, 0.1) is 16.8 Å². The molecule has 0 aliphatic carbocycles. The number of hydrogen-bond acceptors (Lipinski definition) is 3. The number of rotatable bonds is 0. The molecule has 0 radical (unpaired) electrons. The molecule has 1 heterocycles. The maximum atomic E-state index is 9.35. The van der Waals surface area contributed by atoms with Gasteiger partial charge >= 0.3 is 0 Å². The van der Waals surface area contributed by atoms with E-state index in [1.807, 2.05) is 34.6 Å². The van der Waals surface area contributed by atoms with Gasteiger partial charge < -0.3 is 15.6 Å². The van der Waals surface area contributed by atoms with Crippen molar-refractivity contribution in [1.82, 2.24) is 0 Å². The van der Waals surface area contributed by atoms with Gasteiger partial charge in [0, 0.05) is 0 Å². The average molecular weight is 247 g/mol. The van der Waals surface area contributed by atoms with Crippen molar-refractivity contribution in [2.45, 2.75) is 79.1 Å².